The molecule has 0 aliphatic carbocycles. The van der Waals surface area contributed by atoms with Crippen LogP contribution in [0.25, 0.3) is 38.9 Å². The number of hydrogen-bond acceptors (Lipinski definition) is 4. The van der Waals surface area contributed by atoms with Crippen molar-refractivity contribution in [3.8, 4) is 16.9 Å². The topological polar surface area (TPSA) is 71.4 Å². The van der Waals surface area contributed by atoms with Crippen LogP contribution in [0.5, 0.6) is 0 Å². The van der Waals surface area contributed by atoms with Crippen LogP contribution in [-0.4, -0.2) is 24.5 Å². The van der Waals surface area contributed by atoms with Gasteiger partial charge in [-0.3, -0.25) is 4.57 Å². The van der Waals surface area contributed by atoms with Crippen LogP contribution in [-0.2, 0) is 0 Å². The van der Waals surface area contributed by atoms with E-state index in [2.05, 4.69) is 81.8 Å². The maximum Gasteiger partial charge on any atom is 0.225 e. The summed E-state index contributed by atoms with van der Waals surface area (Å²) in [7, 11) is 0. The summed E-state index contributed by atoms with van der Waals surface area (Å²) < 4.78 is 1.99. The second kappa shape index (κ2) is 7.91. The second-order valence-corrected chi connectivity index (χ2v) is 8.11. The molecule has 0 spiro atoms. The van der Waals surface area contributed by atoms with Gasteiger partial charge in [0.15, 0.2) is 0 Å². The maximum absolute atomic E-state index is 4.74. The Hall–Kier alpha value is -4.45. The highest BCUT2D eigenvalue weighted by molar-refractivity contribution is 5.88. The highest BCUT2D eigenvalue weighted by Gasteiger charge is 2.11. The molecule has 2 N–H and O–H groups in total. The number of anilines is 1. The summed E-state index contributed by atoms with van der Waals surface area (Å²) in [5.74, 6) is 1.36. The van der Waals surface area contributed by atoms with E-state index in [0.717, 1.165) is 27.9 Å². The molecular weight excluding hydrogens is 408 g/mol. The molecule has 6 rings (SSSR count). The summed E-state index contributed by atoms with van der Waals surface area (Å²) in [5.41, 5.74) is 6.55. The van der Waals surface area contributed by atoms with E-state index in [1.165, 1.54) is 16.5 Å². The lowest BCUT2D eigenvalue weighted by Crippen LogP contribution is -2.10. The van der Waals surface area contributed by atoms with Gasteiger partial charge >= 0.3 is 0 Å². The van der Waals surface area contributed by atoms with Gasteiger partial charge in [0, 0.05) is 17.9 Å². The first kappa shape index (κ1) is 19.3. The zero-order chi connectivity index (χ0) is 22.2. The third-order valence-electron chi connectivity index (χ3n) is 5.97. The van der Waals surface area contributed by atoms with Gasteiger partial charge in [-0.05, 0) is 65.4 Å². The van der Waals surface area contributed by atoms with Crippen LogP contribution in [0.15, 0.2) is 97.6 Å². The van der Waals surface area contributed by atoms with E-state index in [-0.39, 0.29) is 6.04 Å². The van der Waals surface area contributed by atoms with Crippen molar-refractivity contribution in [1.82, 2.24) is 24.5 Å². The van der Waals surface area contributed by atoms with Crippen LogP contribution in [0.2, 0.25) is 0 Å². The van der Waals surface area contributed by atoms with Crippen molar-refractivity contribution in [2.75, 3.05) is 5.32 Å². The molecule has 3 aromatic heterocycles. The molecule has 3 aromatic carbocycles. The fraction of sp³-hybridized carbons (Fsp3) is 0.0741. The summed E-state index contributed by atoms with van der Waals surface area (Å²) in [4.78, 5) is 17.0. The normalized spacial score (nSPS) is 12.3. The Morgan fingerprint density at radius 1 is 0.879 bits per heavy atom. The van der Waals surface area contributed by atoms with E-state index in [4.69, 9.17) is 4.98 Å². The molecule has 0 aliphatic rings. The molecule has 33 heavy (non-hydrogen) atoms. The fourth-order valence-electron chi connectivity index (χ4n) is 4.18. The number of fused-ring (bicyclic) bond motifs is 2. The molecular formula is C27H22N6. The molecule has 0 saturated carbocycles. The average molecular weight is 431 g/mol. The molecule has 6 heteroatoms. The summed E-state index contributed by atoms with van der Waals surface area (Å²) in [6.07, 6.45) is 5.55. The van der Waals surface area contributed by atoms with Crippen molar-refractivity contribution in [3.05, 3.63) is 103 Å². The number of hydrogen-bond donors (Lipinski definition) is 2. The molecule has 6 nitrogen and oxygen atoms in total. The fourth-order valence-corrected chi connectivity index (χ4v) is 4.18. The van der Waals surface area contributed by atoms with Gasteiger partial charge in [-0.2, -0.15) is 4.98 Å². The second-order valence-electron chi connectivity index (χ2n) is 8.11. The lowest BCUT2D eigenvalue weighted by atomic mass is 10.0. The largest absolute Gasteiger partial charge is 0.361 e. The van der Waals surface area contributed by atoms with Crippen LogP contribution in [0.4, 0.5) is 5.95 Å². The van der Waals surface area contributed by atoms with E-state index in [1.54, 1.807) is 6.20 Å². The van der Waals surface area contributed by atoms with E-state index in [9.17, 15) is 0 Å². The molecule has 0 amide bonds. The van der Waals surface area contributed by atoms with E-state index in [0.29, 0.717) is 5.95 Å². The highest BCUT2D eigenvalue weighted by Crippen LogP contribution is 2.28. The van der Waals surface area contributed by atoms with Crippen LogP contribution in [0, 0.1) is 0 Å². The van der Waals surface area contributed by atoms with E-state index < -0.39 is 0 Å². The van der Waals surface area contributed by atoms with Crippen molar-refractivity contribution in [2.24, 2.45) is 0 Å². The molecule has 0 bridgehead atoms. The van der Waals surface area contributed by atoms with Gasteiger partial charge in [0.05, 0.1) is 17.1 Å². The predicted octanol–water partition coefficient (Wildman–Crippen LogP) is 6.14. The molecule has 0 aliphatic heterocycles. The molecule has 160 valence electrons. The first-order valence-corrected chi connectivity index (χ1v) is 10.9. The van der Waals surface area contributed by atoms with Crippen LogP contribution >= 0.6 is 0 Å². The van der Waals surface area contributed by atoms with Crippen molar-refractivity contribution < 1.29 is 0 Å². The number of benzene rings is 3. The molecule has 0 unspecified atom stereocenters. The quantitative estimate of drug-likeness (QED) is 0.345. The summed E-state index contributed by atoms with van der Waals surface area (Å²) >= 11 is 0. The zero-order valence-electron chi connectivity index (χ0n) is 18.1. The number of nitrogens with one attached hydrogen (secondary N) is 2. The van der Waals surface area contributed by atoms with Crippen molar-refractivity contribution in [3.63, 3.8) is 0 Å². The minimum absolute atomic E-state index is 0.0981. The number of H-pyrrole nitrogens is 1. The van der Waals surface area contributed by atoms with Gasteiger partial charge in [0.25, 0.3) is 0 Å². The van der Waals surface area contributed by atoms with Crippen LogP contribution < -0.4 is 5.32 Å². The minimum atomic E-state index is 0.0981. The summed E-state index contributed by atoms with van der Waals surface area (Å²) in [6, 6.07) is 27.1. The number of imidazole rings is 1. The van der Waals surface area contributed by atoms with Crippen LogP contribution in [0.1, 0.15) is 18.5 Å². The van der Waals surface area contributed by atoms with E-state index >= 15 is 0 Å². The predicted molar refractivity (Wildman–Crippen MR) is 132 cm³/mol. The van der Waals surface area contributed by atoms with Gasteiger partial charge in [0.2, 0.25) is 5.95 Å². The van der Waals surface area contributed by atoms with Crippen molar-refractivity contribution >= 4 is 27.9 Å². The summed E-state index contributed by atoms with van der Waals surface area (Å²) in [6.45, 7) is 2.10. The number of rotatable bonds is 5. The Kier molecular flexibility index (Phi) is 4.61. The lowest BCUT2D eigenvalue weighted by Gasteiger charge is -2.14. The highest BCUT2D eigenvalue weighted by atomic mass is 15.2. The minimum Gasteiger partial charge on any atom is -0.361 e. The third-order valence-corrected chi connectivity index (χ3v) is 5.97. The van der Waals surface area contributed by atoms with Gasteiger partial charge < -0.3 is 10.3 Å². The summed E-state index contributed by atoms with van der Waals surface area (Å²) in [5, 5.41) is 4.59. The zero-order valence-corrected chi connectivity index (χ0v) is 18.1. The lowest BCUT2D eigenvalue weighted by molar-refractivity contribution is 0.854. The Morgan fingerprint density at radius 2 is 1.73 bits per heavy atom. The van der Waals surface area contributed by atoms with Crippen molar-refractivity contribution in [2.45, 2.75) is 13.0 Å². The molecule has 1 atom stereocenters. The third kappa shape index (κ3) is 3.61. The number of aromatic amines is 1. The first-order valence-electron chi connectivity index (χ1n) is 10.9. The molecule has 3 heterocycles. The van der Waals surface area contributed by atoms with Gasteiger partial charge in [-0.15, -0.1) is 0 Å². The first-order chi connectivity index (χ1) is 16.2. The molecule has 6 aromatic rings. The van der Waals surface area contributed by atoms with Gasteiger partial charge in [-0.25, -0.2) is 9.97 Å². The average Bonchev–Trinajstić information content (AvgIpc) is 3.51. The van der Waals surface area contributed by atoms with Crippen LogP contribution in [0.3, 0.4) is 0 Å². The Morgan fingerprint density at radius 3 is 2.64 bits per heavy atom. The molecule has 0 fully saturated rings. The van der Waals surface area contributed by atoms with E-state index in [1.807, 2.05) is 41.4 Å². The molecule has 0 radical (unpaired) electrons. The van der Waals surface area contributed by atoms with Gasteiger partial charge in [0.1, 0.15) is 12.1 Å². The number of aromatic nitrogens is 5. The van der Waals surface area contributed by atoms with Crippen molar-refractivity contribution in [1.29, 1.82) is 0 Å². The number of nitrogens with zero attached hydrogens (tertiary/aromatic N) is 4. The Labute approximate surface area is 191 Å². The smallest absolute Gasteiger partial charge is 0.225 e. The van der Waals surface area contributed by atoms with Gasteiger partial charge in [-0.1, -0.05) is 42.5 Å². The monoisotopic (exact) mass is 430 g/mol. The Bertz CT molecular complexity index is 1560. The maximum atomic E-state index is 4.74. The standard InChI is InChI=1S/C27H22N6/c1-18(19-5-3-2-4-6-19)31-27-29-14-12-26(32-27)33-17-30-24-16-21(8-10-25(24)33)20-7-9-23-22(15-20)11-13-28-23/h2-18,28H,1H3,(H,29,31,32)/t18-/m0/s1. The molecule has 0 saturated heterocycles. The SMILES string of the molecule is C[C@H](Nc1nccc(-n2cnc3cc(-c4ccc5[nH]ccc5c4)ccc32)n1)c1ccccc1. The Balaban J connectivity index is 1.31.